The number of hydrogen-bond donors (Lipinski definition) is 3. The van der Waals surface area contributed by atoms with Gasteiger partial charge in [0, 0.05) is 30.3 Å². The largest absolute Gasteiger partial charge is 0.481 e. The Morgan fingerprint density at radius 1 is 0.983 bits per heavy atom. The van der Waals surface area contributed by atoms with E-state index in [9.17, 15) is 29.0 Å². The first-order valence-electron chi connectivity index (χ1n) is 21.5. The van der Waals surface area contributed by atoms with E-state index in [1.54, 1.807) is 13.8 Å². The van der Waals surface area contributed by atoms with Gasteiger partial charge in [0.1, 0.15) is 12.2 Å². The summed E-state index contributed by atoms with van der Waals surface area (Å²) in [6, 6.07) is 0. The quantitative estimate of drug-likeness (QED) is 0.192. The molecule has 12 nitrogen and oxygen atoms in total. The van der Waals surface area contributed by atoms with Crippen molar-refractivity contribution in [1.82, 2.24) is 30.0 Å². The second-order valence-corrected chi connectivity index (χ2v) is 20.8. The Labute approximate surface area is 342 Å². The zero-order chi connectivity index (χ0) is 42.4. The molecule has 9 atom stereocenters. The van der Waals surface area contributed by atoms with E-state index in [4.69, 9.17) is 4.74 Å². The lowest BCUT2D eigenvalue weighted by molar-refractivity contribution is -0.235. The fourth-order valence-corrected chi connectivity index (χ4v) is 13.6. The Morgan fingerprint density at radius 3 is 2.31 bits per heavy atom. The van der Waals surface area contributed by atoms with Crippen LogP contribution in [-0.2, 0) is 25.7 Å². The van der Waals surface area contributed by atoms with Gasteiger partial charge in [-0.05, 0) is 123 Å². The number of nitrogens with one attached hydrogen (secondary N) is 1. The number of hydrogen-bond acceptors (Lipinski definition) is 10. The predicted molar refractivity (Wildman–Crippen MR) is 215 cm³/mol. The summed E-state index contributed by atoms with van der Waals surface area (Å²) >= 11 is 0. The van der Waals surface area contributed by atoms with E-state index in [1.165, 1.54) is 0 Å². The van der Waals surface area contributed by atoms with Crippen LogP contribution in [0.1, 0.15) is 138 Å². The van der Waals surface area contributed by atoms with Gasteiger partial charge in [0.2, 0.25) is 5.82 Å². The van der Waals surface area contributed by atoms with Crippen LogP contribution in [0.5, 0.6) is 0 Å². The number of halogens is 1. The van der Waals surface area contributed by atoms with Crippen molar-refractivity contribution in [3.8, 4) is 11.6 Å². The second-order valence-electron chi connectivity index (χ2n) is 20.8. The van der Waals surface area contributed by atoms with Gasteiger partial charge < -0.3 is 24.8 Å². The molecule has 2 aromatic rings. The molecule has 0 spiro atoms. The molecule has 0 amide bonds. The molecule has 5 aliphatic rings. The normalized spacial score (nSPS) is 34.9. The number of allylic oxidation sites excluding steroid dienone is 1. The maximum atomic E-state index is 14.4. The molecule has 0 aromatic carbocycles. The van der Waals surface area contributed by atoms with Crippen LogP contribution in [0.25, 0.3) is 11.6 Å². The number of aliphatic carboxylic acids is 1. The molecule has 13 heteroatoms. The van der Waals surface area contributed by atoms with Crippen LogP contribution in [0, 0.1) is 62.0 Å². The number of nitrogens with zero attached hydrogens (tertiary/aromatic N) is 5. The fourth-order valence-electron chi connectivity index (χ4n) is 13.6. The van der Waals surface area contributed by atoms with E-state index in [0.29, 0.717) is 43.0 Å². The van der Waals surface area contributed by atoms with Gasteiger partial charge in [-0.3, -0.25) is 14.4 Å². The van der Waals surface area contributed by atoms with Gasteiger partial charge in [0.05, 0.1) is 24.2 Å². The van der Waals surface area contributed by atoms with E-state index >= 15 is 0 Å². The fraction of sp³-hybridized carbons (Fsp3) is 0.756. The molecule has 0 radical (unpaired) electrons. The van der Waals surface area contributed by atoms with Gasteiger partial charge in [0.25, 0.3) is 0 Å². The second kappa shape index (κ2) is 14.6. The molecule has 4 fully saturated rings. The van der Waals surface area contributed by atoms with Crippen LogP contribution < -0.4 is 5.32 Å². The first kappa shape index (κ1) is 42.5. The van der Waals surface area contributed by atoms with Crippen LogP contribution in [0.2, 0.25) is 0 Å². The summed E-state index contributed by atoms with van der Waals surface area (Å²) < 4.78 is 21.8. The lowest BCUT2D eigenvalue weighted by Gasteiger charge is -2.72. The van der Waals surface area contributed by atoms with Crippen molar-refractivity contribution in [2.45, 2.75) is 145 Å². The number of aliphatic hydroxyl groups excluding tert-OH is 1. The maximum absolute atomic E-state index is 14.4. The summed E-state index contributed by atoms with van der Waals surface area (Å²) in [5.74, 6) is -0.181. The number of rotatable bonds is 11. The highest BCUT2D eigenvalue weighted by atomic mass is 19.1. The third-order valence-corrected chi connectivity index (χ3v) is 16.8. The Kier molecular flexibility index (Phi) is 10.7. The third-order valence-electron chi connectivity index (χ3n) is 16.8. The van der Waals surface area contributed by atoms with Gasteiger partial charge in [0.15, 0.2) is 23.2 Å². The van der Waals surface area contributed by atoms with Gasteiger partial charge in [-0.1, -0.05) is 48.5 Å². The summed E-state index contributed by atoms with van der Waals surface area (Å²) in [5.41, 5.74) is -0.535. The Morgan fingerprint density at radius 2 is 1.67 bits per heavy atom. The number of aromatic nitrogens is 5. The van der Waals surface area contributed by atoms with Gasteiger partial charge in [-0.25, -0.2) is 14.4 Å². The Bertz CT molecular complexity index is 1990. The summed E-state index contributed by atoms with van der Waals surface area (Å²) in [4.78, 5) is 47.7. The molecular formula is C45H65FN6O6. The average molecular weight is 805 g/mol. The summed E-state index contributed by atoms with van der Waals surface area (Å²) in [5, 5.41) is 34.7. The van der Waals surface area contributed by atoms with Gasteiger partial charge >= 0.3 is 11.9 Å². The lowest BCUT2D eigenvalue weighted by atomic mass is 9.33. The van der Waals surface area contributed by atoms with Crippen LogP contribution in [0.15, 0.2) is 23.5 Å². The number of carboxylic acid groups (broad SMARTS) is 1. The number of carbonyl (C=O) groups excluding carboxylic acids is 2. The lowest BCUT2D eigenvalue weighted by Crippen LogP contribution is -2.66. The van der Waals surface area contributed by atoms with Crippen molar-refractivity contribution in [2.24, 2.45) is 56.2 Å². The molecular weight excluding hydrogens is 740 g/mol. The predicted octanol–water partition coefficient (Wildman–Crippen LogP) is 7.52. The average Bonchev–Trinajstić information content (AvgIpc) is 3.70. The smallest absolute Gasteiger partial charge is 0.309 e. The SMILES string of the molecule is CNCCn1c(-c2ncc(F)cn2)nnc1[C@H](O)[C@@]12CC[C@]3(C)[C@H](CC[C@@H]4[C@@]5(C)CC[C@H](OC(=O)CC(C)(C)C(=O)O)C(C)(C)[C@@H]5CC[C@]43C)C1=C(C(C)C)C(=O)C2. The van der Waals surface area contributed by atoms with Crippen LogP contribution in [0.4, 0.5) is 4.39 Å². The Balaban J connectivity index is 1.22. The number of ketones is 1. The van der Waals surface area contributed by atoms with Crippen LogP contribution >= 0.6 is 0 Å². The first-order chi connectivity index (χ1) is 27.1. The first-order valence-corrected chi connectivity index (χ1v) is 21.5. The maximum Gasteiger partial charge on any atom is 0.309 e. The zero-order valence-corrected chi connectivity index (χ0v) is 36.2. The monoisotopic (exact) mass is 804 g/mol. The number of ether oxygens (including phenoxy) is 1. The number of carbonyl (C=O) groups is 3. The molecule has 0 bridgehead atoms. The van der Waals surface area contributed by atoms with Crippen molar-refractivity contribution in [3.63, 3.8) is 0 Å². The molecule has 0 aliphatic heterocycles. The minimum atomic E-state index is -1.19. The number of Topliss-reactive ketones (excluding diaryl/α,β-unsaturated/α-hetero) is 1. The number of esters is 1. The van der Waals surface area contributed by atoms with E-state index in [0.717, 1.165) is 68.5 Å². The standard InChI is InChI=1S/C45H65FN6O6/c1-25(2)33-28(53)21-45(35(55)37-50-51-38(52(37)20-19-47-10)36-48-23-26(46)24-49-36)18-17-43(8)27(34(33)45)11-12-30-42(7)15-14-31(58-32(54)22-40(3,4)39(56)57)41(5,6)29(42)13-16-44(30,43)9/h23-25,27,29-31,35,47,55H,11-22H2,1-10H3,(H,56,57)/t27-,29+,30-,31+,35+,42+,43-,44-,45-/m1/s1. The van der Waals surface area contributed by atoms with Crippen molar-refractivity contribution < 1.29 is 33.7 Å². The number of carboxylic acids is 1. The summed E-state index contributed by atoms with van der Waals surface area (Å²) in [7, 11) is 1.85. The van der Waals surface area contributed by atoms with Gasteiger partial charge in [-0.15, -0.1) is 10.2 Å². The molecule has 3 N–H and O–H groups in total. The summed E-state index contributed by atoms with van der Waals surface area (Å²) in [6.07, 6.45) is 7.91. The van der Waals surface area contributed by atoms with Gasteiger partial charge in [-0.2, -0.15) is 0 Å². The number of fused-ring (bicyclic) bond motifs is 7. The molecule has 318 valence electrons. The summed E-state index contributed by atoms with van der Waals surface area (Å²) in [6.45, 7) is 20.3. The van der Waals surface area contributed by atoms with Crippen molar-refractivity contribution in [1.29, 1.82) is 0 Å². The van der Waals surface area contributed by atoms with E-state index in [1.807, 2.05) is 11.6 Å². The molecule has 4 saturated carbocycles. The highest BCUT2D eigenvalue weighted by molar-refractivity contribution is 6.00. The highest BCUT2D eigenvalue weighted by Gasteiger charge is 2.71. The molecule has 0 saturated heterocycles. The van der Waals surface area contributed by atoms with Crippen molar-refractivity contribution in [2.75, 3.05) is 13.6 Å². The molecule has 0 unspecified atom stereocenters. The Hall–Kier alpha value is -3.58. The van der Waals surface area contributed by atoms with Crippen molar-refractivity contribution in [3.05, 3.63) is 35.2 Å². The molecule has 2 heterocycles. The minimum absolute atomic E-state index is 0.00884. The van der Waals surface area contributed by atoms with E-state index < -0.39 is 34.7 Å². The number of aliphatic hydroxyl groups is 1. The topological polar surface area (TPSA) is 169 Å². The zero-order valence-electron chi connectivity index (χ0n) is 36.2. The molecule has 58 heavy (non-hydrogen) atoms. The van der Waals surface area contributed by atoms with Crippen LogP contribution in [0.3, 0.4) is 0 Å². The molecule has 7 rings (SSSR count). The minimum Gasteiger partial charge on any atom is -0.481 e. The van der Waals surface area contributed by atoms with E-state index in [-0.39, 0.29) is 64.0 Å². The number of likely N-dealkylation sites (N-methyl/N-ethyl adjacent to an activating group) is 1. The third kappa shape index (κ3) is 6.29. The van der Waals surface area contributed by atoms with Crippen LogP contribution in [-0.4, -0.2) is 72.4 Å². The van der Waals surface area contributed by atoms with Crippen molar-refractivity contribution >= 4 is 17.7 Å². The highest BCUT2D eigenvalue weighted by Crippen LogP contribution is 2.77. The molecule has 5 aliphatic carbocycles. The van der Waals surface area contributed by atoms with E-state index in [2.05, 4.69) is 73.9 Å². The molecule has 2 aromatic heterocycles.